The number of carbonyl (C=O) groups is 1. The van der Waals surface area contributed by atoms with Crippen LogP contribution in [-0.2, 0) is 4.74 Å². The quantitative estimate of drug-likeness (QED) is 0.486. The number of allylic oxidation sites excluding steroid dienone is 1. The van der Waals surface area contributed by atoms with Crippen LogP contribution in [0.2, 0.25) is 0 Å². The lowest BCUT2D eigenvalue weighted by atomic mass is 10.2. The van der Waals surface area contributed by atoms with Crippen LogP contribution in [0.5, 0.6) is 0 Å². The predicted octanol–water partition coefficient (Wildman–Crippen LogP) is 2.38. The van der Waals surface area contributed by atoms with Crippen molar-refractivity contribution in [2.24, 2.45) is 0 Å². The summed E-state index contributed by atoms with van der Waals surface area (Å²) in [7, 11) is 0. The van der Waals surface area contributed by atoms with Gasteiger partial charge in [-0.2, -0.15) is 0 Å². The molecule has 0 aromatic carbocycles. The molecule has 3 nitrogen and oxygen atoms in total. The van der Waals surface area contributed by atoms with Crippen LogP contribution >= 0.6 is 0 Å². The topological polar surface area (TPSA) is 46.5 Å². The fraction of sp³-hybridized carbons (Fsp3) is 0.571. The monoisotopic (exact) mass is 144 g/mol. The number of carboxylic acid groups (broad SMARTS) is 1. The standard InChI is InChI=1S/C7H12O3/c1-3-4-5-6(2)10-7(8)9/h2-5H2,1H3,(H,8,9). The van der Waals surface area contributed by atoms with Crippen LogP contribution in [0.15, 0.2) is 12.3 Å². The highest BCUT2D eigenvalue weighted by Gasteiger charge is 1.99. The van der Waals surface area contributed by atoms with Crippen molar-refractivity contribution in [2.45, 2.75) is 26.2 Å². The summed E-state index contributed by atoms with van der Waals surface area (Å²) in [6.45, 7) is 5.45. The Morgan fingerprint density at radius 3 is 2.70 bits per heavy atom. The van der Waals surface area contributed by atoms with E-state index < -0.39 is 6.16 Å². The minimum atomic E-state index is -1.28. The van der Waals surface area contributed by atoms with Crippen molar-refractivity contribution in [1.82, 2.24) is 0 Å². The van der Waals surface area contributed by atoms with E-state index in [0.29, 0.717) is 12.2 Å². The van der Waals surface area contributed by atoms with Gasteiger partial charge in [-0.05, 0) is 6.42 Å². The maximum absolute atomic E-state index is 9.89. The second kappa shape index (κ2) is 4.85. The van der Waals surface area contributed by atoms with E-state index in [1.165, 1.54) is 0 Å². The Hall–Kier alpha value is -0.990. The molecule has 0 atom stereocenters. The zero-order valence-corrected chi connectivity index (χ0v) is 6.09. The van der Waals surface area contributed by atoms with Gasteiger partial charge in [0, 0.05) is 6.42 Å². The molecule has 0 amide bonds. The maximum Gasteiger partial charge on any atom is 0.510 e. The van der Waals surface area contributed by atoms with Crippen LogP contribution in [0.25, 0.3) is 0 Å². The SMILES string of the molecule is C=C(CCCC)OC(=O)O. The van der Waals surface area contributed by atoms with Gasteiger partial charge < -0.3 is 9.84 Å². The lowest BCUT2D eigenvalue weighted by molar-refractivity contribution is 0.116. The largest absolute Gasteiger partial charge is 0.510 e. The normalized spacial score (nSPS) is 8.90. The Morgan fingerprint density at radius 1 is 1.70 bits per heavy atom. The number of ether oxygens (including phenoxy) is 1. The molecule has 0 aromatic rings. The number of unbranched alkanes of at least 4 members (excludes halogenated alkanes) is 1. The molecule has 0 saturated heterocycles. The molecule has 10 heavy (non-hydrogen) atoms. The first-order valence-electron chi connectivity index (χ1n) is 3.25. The average molecular weight is 144 g/mol. The second-order valence-corrected chi connectivity index (χ2v) is 2.01. The van der Waals surface area contributed by atoms with Crippen molar-refractivity contribution >= 4 is 6.16 Å². The summed E-state index contributed by atoms with van der Waals surface area (Å²) in [5, 5.41) is 8.10. The first kappa shape index (κ1) is 9.01. The fourth-order valence-corrected chi connectivity index (χ4v) is 0.548. The van der Waals surface area contributed by atoms with Gasteiger partial charge in [0.1, 0.15) is 5.76 Å². The van der Waals surface area contributed by atoms with Gasteiger partial charge in [-0.1, -0.05) is 19.9 Å². The summed E-state index contributed by atoms with van der Waals surface area (Å²) in [4.78, 5) is 9.89. The fourth-order valence-electron chi connectivity index (χ4n) is 0.548. The highest BCUT2D eigenvalue weighted by Crippen LogP contribution is 2.05. The van der Waals surface area contributed by atoms with Gasteiger partial charge in [-0.25, -0.2) is 4.79 Å². The van der Waals surface area contributed by atoms with Crippen molar-refractivity contribution in [1.29, 1.82) is 0 Å². The second-order valence-electron chi connectivity index (χ2n) is 2.01. The minimum Gasteiger partial charge on any atom is -0.449 e. The Bertz CT molecular complexity index is 129. The molecule has 0 fully saturated rings. The number of rotatable bonds is 4. The first-order valence-corrected chi connectivity index (χ1v) is 3.25. The molecular weight excluding hydrogens is 132 g/mol. The molecule has 0 rings (SSSR count). The Kier molecular flexibility index (Phi) is 4.37. The van der Waals surface area contributed by atoms with Gasteiger partial charge in [-0.3, -0.25) is 0 Å². The van der Waals surface area contributed by atoms with Crippen molar-refractivity contribution in [3.8, 4) is 0 Å². The molecule has 0 aliphatic carbocycles. The molecule has 58 valence electrons. The summed E-state index contributed by atoms with van der Waals surface area (Å²) in [6, 6.07) is 0. The Morgan fingerprint density at radius 2 is 2.30 bits per heavy atom. The van der Waals surface area contributed by atoms with E-state index in [-0.39, 0.29) is 0 Å². The van der Waals surface area contributed by atoms with Crippen molar-refractivity contribution in [3.63, 3.8) is 0 Å². The van der Waals surface area contributed by atoms with E-state index >= 15 is 0 Å². The predicted molar refractivity (Wildman–Crippen MR) is 37.8 cm³/mol. The highest BCUT2D eigenvalue weighted by atomic mass is 16.7. The van der Waals surface area contributed by atoms with Gasteiger partial charge in [0.2, 0.25) is 0 Å². The molecule has 0 aromatic heterocycles. The molecule has 1 N–H and O–H groups in total. The van der Waals surface area contributed by atoms with Crippen molar-refractivity contribution < 1.29 is 14.6 Å². The Labute approximate surface area is 60.3 Å². The third-order valence-corrected chi connectivity index (χ3v) is 1.04. The molecule has 0 bridgehead atoms. The first-order chi connectivity index (χ1) is 4.66. The average Bonchev–Trinajstić information content (AvgIpc) is 1.82. The summed E-state index contributed by atoms with van der Waals surface area (Å²) >= 11 is 0. The van der Waals surface area contributed by atoms with Gasteiger partial charge >= 0.3 is 6.16 Å². The van der Waals surface area contributed by atoms with E-state index in [4.69, 9.17) is 5.11 Å². The van der Waals surface area contributed by atoms with E-state index in [2.05, 4.69) is 11.3 Å². The number of hydrogen-bond donors (Lipinski definition) is 1. The molecule has 0 spiro atoms. The van der Waals surface area contributed by atoms with E-state index in [1.54, 1.807) is 0 Å². The van der Waals surface area contributed by atoms with Gasteiger partial charge in [0.25, 0.3) is 0 Å². The molecule has 0 aliphatic heterocycles. The third kappa shape index (κ3) is 5.15. The highest BCUT2D eigenvalue weighted by molar-refractivity contribution is 5.58. The van der Waals surface area contributed by atoms with Crippen molar-refractivity contribution in [3.05, 3.63) is 12.3 Å². The van der Waals surface area contributed by atoms with Crippen LogP contribution < -0.4 is 0 Å². The lowest BCUT2D eigenvalue weighted by Crippen LogP contribution is -1.98. The lowest BCUT2D eigenvalue weighted by Gasteiger charge is -2.00. The zero-order chi connectivity index (χ0) is 7.98. The summed E-state index contributed by atoms with van der Waals surface area (Å²) in [6.07, 6.45) is 1.29. The van der Waals surface area contributed by atoms with Gasteiger partial charge in [0.15, 0.2) is 0 Å². The zero-order valence-electron chi connectivity index (χ0n) is 6.09. The Balaban J connectivity index is 3.35. The molecular formula is C7H12O3. The van der Waals surface area contributed by atoms with Gasteiger partial charge in [0.05, 0.1) is 0 Å². The summed E-state index contributed by atoms with van der Waals surface area (Å²) < 4.78 is 4.27. The van der Waals surface area contributed by atoms with Gasteiger partial charge in [-0.15, -0.1) is 0 Å². The maximum atomic E-state index is 9.89. The van der Waals surface area contributed by atoms with Crippen LogP contribution in [0.1, 0.15) is 26.2 Å². The molecule has 0 saturated carbocycles. The number of hydrogen-bond acceptors (Lipinski definition) is 2. The van der Waals surface area contributed by atoms with Crippen LogP contribution in [0.3, 0.4) is 0 Å². The molecule has 0 heterocycles. The minimum absolute atomic E-state index is 0.328. The summed E-state index contributed by atoms with van der Waals surface area (Å²) in [5.74, 6) is 0.328. The molecule has 0 radical (unpaired) electrons. The smallest absolute Gasteiger partial charge is 0.449 e. The third-order valence-electron chi connectivity index (χ3n) is 1.04. The van der Waals surface area contributed by atoms with E-state index in [1.807, 2.05) is 6.92 Å². The molecule has 0 aliphatic rings. The van der Waals surface area contributed by atoms with Crippen molar-refractivity contribution in [2.75, 3.05) is 0 Å². The van der Waals surface area contributed by atoms with Crippen LogP contribution in [0.4, 0.5) is 4.79 Å². The molecule has 3 heteroatoms. The van der Waals surface area contributed by atoms with Crippen LogP contribution in [0, 0.1) is 0 Å². The van der Waals surface area contributed by atoms with E-state index in [0.717, 1.165) is 12.8 Å². The van der Waals surface area contributed by atoms with E-state index in [9.17, 15) is 4.79 Å². The molecule has 0 unspecified atom stereocenters. The summed E-state index contributed by atoms with van der Waals surface area (Å²) in [5.41, 5.74) is 0. The van der Waals surface area contributed by atoms with Crippen LogP contribution in [-0.4, -0.2) is 11.3 Å².